The van der Waals surface area contributed by atoms with Gasteiger partial charge in [0.2, 0.25) is 0 Å². The molecule has 0 aliphatic carbocycles. The van der Waals surface area contributed by atoms with Crippen LogP contribution in [-0.2, 0) is 10.3 Å². The summed E-state index contributed by atoms with van der Waals surface area (Å²) in [6.07, 6.45) is 1.93. The van der Waals surface area contributed by atoms with Crippen LogP contribution in [0.4, 0.5) is 0 Å². The normalized spacial score (nSPS) is 24.4. The van der Waals surface area contributed by atoms with Crippen LogP contribution < -0.4 is 5.32 Å². The van der Waals surface area contributed by atoms with Gasteiger partial charge in [-0.3, -0.25) is 4.98 Å². The highest BCUT2D eigenvalue weighted by atomic mass is 32.1. The maximum Gasteiger partial charge on any atom is 0.159 e. The van der Waals surface area contributed by atoms with Gasteiger partial charge in [0.25, 0.3) is 0 Å². The molecule has 0 saturated carbocycles. The lowest BCUT2D eigenvalue weighted by molar-refractivity contribution is 0.0561. The molecular weight excluding hydrogens is 220 g/mol. The maximum atomic E-state index is 5.87. The van der Waals surface area contributed by atoms with Crippen molar-refractivity contribution in [3.8, 4) is 0 Å². The molecule has 0 radical (unpaired) electrons. The molecule has 2 heterocycles. The second-order valence-electron chi connectivity index (χ2n) is 4.02. The first-order chi connectivity index (χ1) is 7.69. The molecule has 0 bridgehead atoms. The number of nitrogens with one attached hydrogen (secondary N) is 1. The summed E-state index contributed by atoms with van der Waals surface area (Å²) in [5.74, 6) is 0. The monoisotopic (exact) mass is 236 g/mol. The van der Waals surface area contributed by atoms with E-state index >= 15 is 0 Å². The van der Waals surface area contributed by atoms with Gasteiger partial charge in [-0.1, -0.05) is 18.3 Å². The molecular formula is C12H16N2OS. The number of hydrogen-bond acceptors (Lipinski definition) is 3. The fourth-order valence-corrected chi connectivity index (χ4v) is 2.37. The average Bonchev–Trinajstić information content (AvgIpc) is 2.78. The fraction of sp³-hybridized carbons (Fsp3) is 0.500. The molecule has 86 valence electrons. The summed E-state index contributed by atoms with van der Waals surface area (Å²) < 4.78 is 5.87. The van der Waals surface area contributed by atoms with Crippen molar-refractivity contribution in [2.45, 2.75) is 25.4 Å². The average molecular weight is 236 g/mol. The molecule has 1 aliphatic heterocycles. The van der Waals surface area contributed by atoms with Crippen LogP contribution in [-0.4, -0.2) is 23.6 Å². The Balaban J connectivity index is 2.43. The molecule has 1 atom stereocenters. The van der Waals surface area contributed by atoms with Crippen molar-refractivity contribution in [3.63, 3.8) is 0 Å². The third kappa shape index (κ3) is 1.83. The SMILES string of the molecule is CNC(=S)C1(c2cccc(C)n2)CCCO1. The van der Waals surface area contributed by atoms with Crippen LogP contribution in [0, 0.1) is 6.92 Å². The predicted molar refractivity (Wildman–Crippen MR) is 67.5 cm³/mol. The van der Waals surface area contributed by atoms with E-state index in [0.717, 1.165) is 35.8 Å². The maximum absolute atomic E-state index is 5.87. The lowest BCUT2D eigenvalue weighted by Gasteiger charge is -2.28. The van der Waals surface area contributed by atoms with E-state index in [4.69, 9.17) is 17.0 Å². The predicted octanol–water partition coefficient (Wildman–Crippen LogP) is 1.94. The Morgan fingerprint density at radius 3 is 2.94 bits per heavy atom. The Bertz CT molecular complexity index is 400. The summed E-state index contributed by atoms with van der Waals surface area (Å²) in [5, 5.41) is 3.03. The van der Waals surface area contributed by atoms with E-state index in [2.05, 4.69) is 10.3 Å². The molecule has 1 N–H and O–H groups in total. The van der Waals surface area contributed by atoms with E-state index in [1.54, 1.807) is 0 Å². The summed E-state index contributed by atoms with van der Waals surface area (Å²) in [5.41, 5.74) is 1.41. The minimum Gasteiger partial charge on any atom is -0.380 e. The first-order valence-corrected chi connectivity index (χ1v) is 5.90. The zero-order valence-electron chi connectivity index (χ0n) is 9.62. The van der Waals surface area contributed by atoms with Crippen LogP contribution >= 0.6 is 12.2 Å². The summed E-state index contributed by atoms with van der Waals surface area (Å²) >= 11 is 5.38. The number of aryl methyl sites for hydroxylation is 1. The largest absolute Gasteiger partial charge is 0.380 e. The lowest BCUT2D eigenvalue weighted by Crippen LogP contribution is -2.41. The molecule has 0 spiro atoms. The van der Waals surface area contributed by atoms with Gasteiger partial charge in [-0.2, -0.15) is 0 Å². The van der Waals surface area contributed by atoms with Gasteiger partial charge in [0, 0.05) is 19.3 Å². The highest BCUT2D eigenvalue weighted by Crippen LogP contribution is 2.36. The van der Waals surface area contributed by atoms with Crippen molar-refractivity contribution in [2.75, 3.05) is 13.7 Å². The molecule has 1 unspecified atom stereocenters. The van der Waals surface area contributed by atoms with Gasteiger partial charge < -0.3 is 10.1 Å². The van der Waals surface area contributed by atoms with Crippen LogP contribution in [0.15, 0.2) is 18.2 Å². The van der Waals surface area contributed by atoms with Gasteiger partial charge in [-0.15, -0.1) is 0 Å². The van der Waals surface area contributed by atoms with Gasteiger partial charge in [0.15, 0.2) is 5.60 Å². The Labute approximate surface area is 101 Å². The van der Waals surface area contributed by atoms with Crippen LogP contribution in [0.2, 0.25) is 0 Å². The van der Waals surface area contributed by atoms with Crippen LogP contribution in [0.1, 0.15) is 24.2 Å². The molecule has 0 aromatic carbocycles. The number of ether oxygens (including phenoxy) is 1. The van der Waals surface area contributed by atoms with Crippen molar-refractivity contribution in [1.82, 2.24) is 10.3 Å². The van der Waals surface area contributed by atoms with E-state index in [1.165, 1.54) is 0 Å². The van der Waals surface area contributed by atoms with E-state index in [1.807, 2.05) is 32.2 Å². The molecule has 1 aromatic heterocycles. The second-order valence-corrected chi connectivity index (χ2v) is 4.43. The lowest BCUT2D eigenvalue weighted by atomic mass is 9.95. The highest BCUT2D eigenvalue weighted by Gasteiger charge is 2.42. The van der Waals surface area contributed by atoms with E-state index in [9.17, 15) is 0 Å². The van der Waals surface area contributed by atoms with Gasteiger partial charge in [0.05, 0.1) is 5.69 Å². The van der Waals surface area contributed by atoms with Crippen molar-refractivity contribution in [2.24, 2.45) is 0 Å². The van der Waals surface area contributed by atoms with Crippen LogP contribution in [0.25, 0.3) is 0 Å². The zero-order chi connectivity index (χ0) is 11.6. The van der Waals surface area contributed by atoms with Crippen molar-refractivity contribution in [3.05, 3.63) is 29.6 Å². The van der Waals surface area contributed by atoms with Crippen LogP contribution in [0.5, 0.6) is 0 Å². The molecule has 16 heavy (non-hydrogen) atoms. The van der Waals surface area contributed by atoms with Gasteiger partial charge >= 0.3 is 0 Å². The van der Waals surface area contributed by atoms with Crippen molar-refractivity contribution < 1.29 is 4.74 Å². The standard InChI is InChI=1S/C12H16N2OS/c1-9-5-3-6-10(14-9)12(11(16)13-2)7-4-8-15-12/h3,5-6H,4,7-8H2,1-2H3,(H,13,16). The third-order valence-corrected chi connectivity index (χ3v) is 3.45. The minimum absolute atomic E-state index is 0.504. The van der Waals surface area contributed by atoms with E-state index in [0.29, 0.717) is 0 Å². The zero-order valence-corrected chi connectivity index (χ0v) is 10.4. The molecule has 1 fully saturated rings. The second kappa shape index (κ2) is 4.47. The minimum atomic E-state index is -0.504. The topological polar surface area (TPSA) is 34.2 Å². The number of nitrogens with zero attached hydrogens (tertiary/aromatic N) is 1. The quantitative estimate of drug-likeness (QED) is 0.796. The molecule has 0 amide bonds. The van der Waals surface area contributed by atoms with E-state index < -0.39 is 5.60 Å². The molecule has 1 aliphatic rings. The number of hydrogen-bond donors (Lipinski definition) is 1. The molecule has 1 aromatic rings. The number of rotatable bonds is 2. The molecule has 3 nitrogen and oxygen atoms in total. The Morgan fingerprint density at radius 2 is 2.38 bits per heavy atom. The first kappa shape index (κ1) is 11.5. The Kier molecular flexibility index (Phi) is 3.21. The van der Waals surface area contributed by atoms with Crippen molar-refractivity contribution in [1.29, 1.82) is 0 Å². The van der Waals surface area contributed by atoms with Gasteiger partial charge in [0.1, 0.15) is 4.99 Å². The van der Waals surface area contributed by atoms with Crippen LogP contribution in [0.3, 0.4) is 0 Å². The summed E-state index contributed by atoms with van der Waals surface area (Å²) in [4.78, 5) is 5.27. The molecule has 2 rings (SSSR count). The van der Waals surface area contributed by atoms with Gasteiger partial charge in [-0.25, -0.2) is 0 Å². The number of likely N-dealkylation sites (N-methyl/N-ethyl adjacent to an activating group) is 1. The number of thiocarbonyl (C=S) groups is 1. The molecule has 4 heteroatoms. The summed E-state index contributed by atoms with van der Waals surface area (Å²) in [6.45, 7) is 2.73. The number of aromatic nitrogens is 1. The summed E-state index contributed by atoms with van der Waals surface area (Å²) in [6, 6.07) is 5.97. The molecule has 1 saturated heterocycles. The Morgan fingerprint density at radius 1 is 1.56 bits per heavy atom. The number of pyridine rings is 1. The van der Waals surface area contributed by atoms with Gasteiger partial charge in [-0.05, 0) is 31.9 Å². The van der Waals surface area contributed by atoms with Crippen molar-refractivity contribution >= 4 is 17.2 Å². The summed E-state index contributed by atoms with van der Waals surface area (Å²) in [7, 11) is 1.83. The fourth-order valence-electron chi connectivity index (χ4n) is 2.11. The first-order valence-electron chi connectivity index (χ1n) is 5.49. The third-order valence-electron chi connectivity index (χ3n) is 2.92. The smallest absolute Gasteiger partial charge is 0.159 e. The Hall–Kier alpha value is -1.00. The van der Waals surface area contributed by atoms with E-state index in [-0.39, 0.29) is 0 Å². The highest BCUT2D eigenvalue weighted by molar-refractivity contribution is 7.80.